The summed E-state index contributed by atoms with van der Waals surface area (Å²) in [5.74, 6) is -0.457. The zero-order chi connectivity index (χ0) is 11.0. The fourth-order valence-corrected chi connectivity index (χ4v) is 1.99. The van der Waals surface area contributed by atoms with Crippen LogP contribution in [0.4, 0.5) is 15.8 Å². The van der Waals surface area contributed by atoms with Crippen molar-refractivity contribution in [3.05, 3.63) is 24.0 Å². The van der Waals surface area contributed by atoms with Crippen LogP contribution < -0.4 is 10.6 Å². The number of rotatable bonds is 1. The molecule has 15 heavy (non-hydrogen) atoms. The number of hydrogen-bond donors (Lipinski definition) is 2. The molecule has 1 aromatic rings. The average Bonchev–Trinajstić information content (AvgIpc) is 2.50. The lowest BCUT2D eigenvalue weighted by Gasteiger charge is -2.18. The molecule has 5 heteroatoms. The molecule has 0 aromatic heterocycles. The van der Waals surface area contributed by atoms with Gasteiger partial charge in [0.1, 0.15) is 5.82 Å². The first-order valence-electron chi connectivity index (χ1n) is 4.61. The van der Waals surface area contributed by atoms with E-state index in [1.54, 1.807) is 0 Å². The Kier molecular flexibility index (Phi) is 2.56. The van der Waals surface area contributed by atoms with Crippen LogP contribution >= 0.6 is 12.6 Å². The molecule has 0 saturated carbocycles. The Hall–Kier alpha value is -1.23. The summed E-state index contributed by atoms with van der Waals surface area (Å²) in [6.45, 7) is 0.482. The molecule has 1 aliphatic heterocycles. The Balaban J connectivity index is 2.37. The first-order chi connectivity index (χ1) is 7.08. The van der Waals surface area contributed by atoms with Gasteiger partial charge in [-0.25, -0.2) is 4.39 Å². The minimum absolute atomic E-state index is 0.000155. The number of thiol groups is 1. The van der Waals surface area contributed by atoms with Gasteiger partial charge in [-0.1, -0.05) is 0 Å². The van der Waals surface area contributed by atoms with Crippen LogP contribution in [-0.2, 0) is 4.79 Å². The first-order valence-corrected chi connectivity index (χ1v) is 5.13. The van der Waals surface area contributed by atoms with Crippen molar-refractivity contribution in [1.29, 1.82) is 0 Å². The van der Waals surface area contributed by atoms with Gasteiger partial charge in [0.2, 0.25) is 5.91 Å². The summed E-state index contributed by atoms with van der Waals surface area (Å²) in [4.78, 5) is 13.0. The number of amides is 1. The van der Waals surface area contributed by atoms with Crippen molar-refractivity contribution >= 4 is 29.9 Å². The van der Waals surface area contributed by atoms with Crippen LogP contribution in [-0.4, -0.2) is 17.7 Å². The highest BCUT2D eigenvalue weighted by atomic mass is 32.1. The van der Waals surface area contributed by atoms with Crippen LogP contribution in [0.1, 0.15) is 6.42 Å². The second-order valence-corrected chi connectivity index (χ2v) is 4.30. The number of benzene rings is 1. The molecule has 0 radical (unpaired) electrons. The normalized spacial score (nSPS) is 21.1. The summed E-state index contributed by atoms with van der Waals surface area (Å²) >= 11 is 4.22. The molecule has 0 bridgehead atoms. The Morgan fingerprint density at radius 2 is 2.27 bits per heavy atom. The largest absolute Gasteiger partial charge is 0.397 e. The molecule has 2 N–H and O–H groups in total. The number of carbonyl (C=O) groups is 1. The number of carbonyl (C=O) groups excluding carboxylic acids is 1. The summed E-state index contributed by atoms with van der Waals surface area (Å²) in [6, 6.07) is 4.01. The van der Waals surface area contributed by atoms with Crippen LogP contribution in [0.5, 0.6) is 0 Å². The highest BCUT2D eigenvalue weighted by molar-refractivity contribution is 7.81. The minimum Gasteiger partial charge on any atom is -0.397 e. The van der Waals surface area contributed by atoms with Crippen LogP contribution in [0, 0.1) is 5.82 Å². The molecule has 0 aliphatic carbocycles. The molecular formula is C10H11FN2OS. The van der Waals surface area contributed by atoms with Gasteiger partial charge in [-0.05, 0) is 18.2 Å². The van der Waals surface area contributed by atoms with E-state index in [9.17, 15) is 9.18 Å². The molecule has 0 spiro atoms. The van der Waals surface area contributed by atoms with Gasteiger partial charge in [-0.15, -0.1) is 0 Å². The number of hydrogen-bond acceptors (Lipinski definition) is 3. The average molecular weight is 226 g/mol. The van der Waals surface area contributed by atoms with Gasteiger partial charge < -0.3 is 10.6 Å². The van der Waals surface area contributed by atoms with E-state index in [4.69, 9.17) is 5.73 Å². The maximum Gasteiger partial charge on any atom is 0.228 e. The molecule has 1 saturated heterocycles. The maximum absolute atomic E-state index is 13.0. The molecule has 1 fully saturated rings. The van der Waals surface area contributed by atoms with E-state index in [2.05, 4.69) is 12.6 Å². The summed E-state index contributed by atoms with van der Waals surface area (Å²) in [5, 5.41) is 0.000155. The smallest absolute Gasteiger partial charge is 0.228 e. The zero-order valence-electron chi connectivity index (χ0n) is 7.98. The van der Waals surface area contributed by atoms with Crippen molar-refractivity contribution in [2.75, 3.05) is 17.2 Å². The van der Waals surface area contributed by atoms with E-state index in [1.165, 1.54) is 23.1 Å². The van der Waals surface area contributed by atoms with Crippen LogP contribution in [0.2, 0.25) is 0 Å². The molecule has 2 rings (SSSR count). The molecule has 1 unspecified atom stereocenters. The van der Waals surface area contributed by atoms with E-state index in [-0.39, 0.29) is 11.2 Å². The van der Waals surface area contributed by atoms with E-state index in [0.717, 1.165) is 0 Å². The minimum atomic E-state index is -0.394. The molecule has 3 nitrogen and oxygen atoms in total. The molecule has 1 aliphatic rings. The van der Waals surface area contributed by atoms with Crippen molar-refractivity contribution < 1.29 is 9.18 Å². The lowest BCUT2D eigenvalue weighted by Crippen LogP contribution is -2.25. The Morgan fingerprint density at radius 1 is 1.53 bits per heavy atom. The molecule has 1 atom stereocenters. The van der Waals surface area contributed by atoms with Gasteiger partial charge in [0.15, 0.2) is 0 Å². The molecule has 80 valence electrons. The molecular weight excluding hydrogens is 215 g/mol. The van der Waals surface area contributed by atoms with Gasteiger partial charge in [0.05, 0.1) is 11.4 Å². The Morgan fingerprint density at radius 3 is 2.87 bits per heavy atom. The van der Waals surface area contributed by atoms with Crippen LogP contribution in [0.25, 0.3) is 0 Å². The monoisotopic (exact) mass is 226 g/mol. The van der Waals surface area contributed by atoms with E-state index in [0.29, 0.717) is 24.3 Å². The number of anilines is 2. The third-order valence-electron chi connectivity index (χ3n) is 2.39. The maximum atomic E-state index is 13.0. The number of nitrogens with two attached hydrogens (primary N) is 1. The van der Waals surface area contributed by atoms with Crippen molar-refractivity contribution in [3.63, 3.8) is 0 Å². The molecule has 1 amide bonds. The SMILES string of the molecule is Nc1ccc(F)cc1N1CC(S)CC1=O. The fourth-order valence-electron chi connectivity index (χ4n) is 1.67. The molecule has 1 heterocycles. The highest BCUT2D eigenvalue weighted by Crippen LogP contribution is 2.29. The fraction of sp³-hybridized carbons (Fsp3) is 0.300. The summed E-state index contributed by atoms with van der Waals surface area (Å²) in [7, 11) is 0. The number of nitrogens with zero attached hydrogens (tertiary/aromatic N) is 1. The predicted molar refractivity (Wildman–Crippen MR) is 60.6 cm³/mol. The highest BCUT2D eigenvalue weighted by Gasteiger charge is 2.29. The topological polar surface area (TPSA) is 46.3 Å². The van der Waals surface area contributed by atoms with E-state index >= 15 is 0 Å². The Labute approximate surface area is 92.5 Å². The standard InChI is InChI=1S/C10H11FN2OS/c11-6-1-2-8(12)9(3-6)13-5-7(15)4-10(13)14/h1-3,7,15H,4-5,12H2. The number of nitrogen functional groups attached to an aromatic ring is 1. The van der Waals surface area contributed by atoms with E-state index < -0.39 is 5.82 Å². The van der Waals surface area contributed by atoms with Crippen LogP contribution in [0.15, 0.2) is 18.2 Å². The second kappa shape index (κ2) is 3.73. The summed E-state index contributed by atoms with van der Waals surface area (Å²) < 4.78 is 13.0. The number of halogens is 1. The quantitative estimate of drug-likeness (QED) is 0.562. The summed E-state index contributed by atoms with van der Waals surface area (Å²) in [6.07, 6.45) is 0.374. The van der Waals surface area contributed by atoms with E-state index in [1.807, 2.05) is 0 Å². The van der Waals surface area contributed by atoms with Gasteiger partial charge >= 0.3 is 0 Å². The third-order valence-corrected chi connectivity index (χ3v) is 2.73. The zero-order valence-corrected chi connectivity index (χ0v) is 8.88. The lowest BCUT2D eigenvalue weighted by molar-refractivity contribution is -0.117. The predicted octanol–water partition coefficient (Wildman–Crippen LogP) is 1.44. The molecule has 1 aromatic carbocycles. The van der Waals surface area contributed by atoms with Crippen molar-refractivity contribution in [2.24, 2.45) is 0 Å². The lowest BCUT2D eigenvalue weighted by atomic mass is 10.2. The van der Waals surface area contributed by atoms with Crippen LogP contribution in [0.3, 0.4) is 0 Å². The van der Waals surface area contributed by atoms with Gasteiger partial charge in [-0.2, -0.15) is 12.6 Å². The van der Waals surface area contributed by atoms with Crippen molar-refractivity contribution in [1.82, 2.24) is 0 Å². The van der Waals surface area contributed by atoms with Gasteiger partial charge in [-0.3, -0.25) is 4.79 Å². The van der Waals surface area contributed by atoms with Crippen molar-refractivity contribution in [2.45, 2.75) is 11.7 Å². The van der Waals surface area contributed by atoms with Gasteiger partial charge in [0, 0.05) is 18.2 Å². The third kappa shape index (κ3) is 1.92. The second-order valence-electron chi connectivity index (χ2n) is 3.57. The Bertz CT molecular complexity index is 410. The summed E-state index contributed by atoms with van der Waals surface area (Å²) in [5.41, 5.74) is 6.54. The first kappa shape index (κ1) is 10.3. The van der Waals surface area contributed by atoms with Gasteiger partial charge in [0.25, 0.3) is 0 Å². The van der Waals surface area contributed by atoms with Crippen molar-refractivity contribution in [3.8, 4) is 0 Å².